The van der Waals surface area contributed by atoms with E-state index < -0.39 is 5.91 Å². The van der Waals surface area contributed by atoms with Gasteiger partial charge in [0.1, 0.15) is 5.69 Å². The van der Waals surface area contributed by atoms with Gasteiger partial charge in [-0.15, -0.1) is 0 Å². The first-order chi connectivity index (χ1) is 12.1. The Balaban J connectivity index is 1.54. The van der Waals surface area contributed by atoms with Crippen LogP contribution in [0.2, 0.25) is 5.02 Å². The highest BCUT2D eigenvalue weighted by Crippen LogP contribution is 2.07. The van der Waals surface area contributed by atoms with Gasteiger partial charge in [-0.25, -0.2) is 0 Å². The van der Waals surface area contributed by atoms with Crippen molar-refractivity contribution in [2.45, 2.75) is 13.0 Å². The SMILES string of the molecule is O=C(CNC(=O)c1cc(Cl)ccn1)NCCCOCc1ccccc1. The van der Waals surface area contributed by atoms with E-state index in [1.807, 2.05) is 30.3 Å². The summed E-state index contributed by atoms with van der Waals surface area (Å²) in [6.07, 6.45) is 2.13. The van der Waals surface area contributed by atoms with Crippen LogP contribution in [0.4, 0.5) is 0 Å². The molecule has 0 unspecified atom stereocenters. The quantitative estimate of drug-likeness (QED) is 0.671. The molecule has 2 rings (SSSR count). The summed E-state index contributed by atoms with van der Waals surface area (Å²) in [7, 11) is 0. The van der Waals surface area contributed by atoms with Crippen molar-refractivity contribution in [1.82, 2.24) is 15.6 Å². The fourth-order valence-corrected chi connectivity index (χ4v) is 2.17. The lowest BCUT2D eigenvalue weighted by atomic mass is 10.2. The van der Waals surface area contributed by atoms with Crippen molar-refractivity contribution in [2.24, 2.45) is 0 Å². The Bertz CT molecular complexity index is 695. The van der Waals surface area contributed by atoms with E-state index in [9.17, 15) is 9.59 Å². The molecule has 2 aromatic rings. The molecule has 7 heteroatoms. The number of rotatable bonds is 9. The zero-order chi connectivity index (χ0) is 17.9. The number of nitrogens with zero attached hydrogens (tertiary/aromatic N) is 1. The largest absolute Gasteiger partial charge is 0.377 e. The summed E-state index contributed by atoms with van der Waals surface area (Å²) in [4.78, 5) is 27.4. The molecule has 0 atom stereocenters. The van der Waals surface area contributed by atoms with Gasteiger partial charge in [-0.05, 0) is 24.1 Å². The van der Waals surface area contributed by atoms with E-state index >= 15 is 0 Å². The number of nitrogens with one attached hydrogen (secondary N) is 2. The molecule has 1 aromatic carbocycles. The number of ether oxygens (including phenoxy) is 1. The zero-order valence-corrected chi connectivity index (χ0v) is 14.5. The first-order valence-corrected chi connectivity index (χ1v) is 8.31. The average Bonchev–Trinajstić information content (AvgIpc) is 2.63. The summed E-state index contributed by atoms with van der Waals surface area (Å²) < 4.78 is 5.53. The Morgan fingerprint density at radius 3 is 2.68 bits per heavy atom. The van der Waals surface area contributed by atoms with Gasteiger partial charge in [0.2, 0.25) is 5.91 Å². The molecule has 2 N–H and O–H groups in total. The minimum Gasteiger partial charge on any atom is -0.377 e. The minimum atomic E-state index is -0.441. The van der Waals surface area contributed by atoms with E-state index in [0.717, 1.165) is 5.56 Å². The topological polar surface area (TPSA) is 80.3 Å². The lowest BCUT2D eigenvalue weighted by molar-refractivity contribution is -0.120. The lowest BCUT2D eigenvalue weighted by Crippen LogP contribution is -2.37. The smallest absolute Gasteiger partial charge is 0.270 e. The van der Waals surface area contributed by atoms with Gasteiger partial charge in [0.25, 0.3) is 5.91 Å². The number of pyridine rings is 1. The number of aromatic nitrogens is 1. The van der Waals surface area contributed by atoms with Crippen molar-refractivity contribution in [2.75, 3.05) is 19.7 Å². The lowest BCUT2D eigenvalue weighted by Gasteiger charge is -2.07. The molecule has 0 fully saturated rings. The predicted octanol–water partition coefficient (Wildman–Crippen LogP) is 2.19. The van der Waals surface area contributed by atoms with E-state index in [-0.39, 0.29) is 18.1 Å². The summed E-state index contributed by atoms with van der Waals surface area (Å²) >= 11 is 5.79. The highest BCUT2D eigenvalue weighted by molar-refractivity contribution is 6.30. The predicted molar refractivity (Wildman–Crippen MR) is 95.3 cm³/mol. The molecular formula is C18H20ClN3O3. The summed E-state index contributed by atoms with van der Waals surface area (Å²) in [5.74, 6) is -0.706. The Labute approximate surface area is 151 Å². The van der Waals surface area contributed by atoms with Crippen molar-refractivity contribution < 1.29 is 14.3 Å². The average molecular weight is 362 g/mol. The van der Waals surface area contributed by atoms with Crippen LogP contribution in [0.15, 0.2) is 48.7 Å². The number of amides is 2. The van der Waals surface area contributed by atoms with Crippen LogP contribution in [0.25, 0.3) is 0 Å². The van der Waals surface area contributed by atoms with Crippen LogP contribution in [0.3, 0.4) is 0 Å². The second-order valence-corrected chi connectivity index (χ2v) is 5.72. The fraction of sp³-hybridized carbons (Fsp3) is 0.278. The molecule has 0 aliphatic rings. The number of halogens is 1. The van der Waals surface area contributed by atoms with Gasteiger partial charge in [-0.3, -0.25) is 14.6 Å². The molecular weight excluding hydrogens is 342 g/mol. The molecule has 2 amide bonds. The molecule has 0 aliphatic carbocycles. The number of carbonyl (C=O) groups is 2. The molecule has 25 heavy (non-hydrogen) atoms. The molecule has 1 heterocycles. The van der Waals surface area contributed by atoms with Crippen molar-refractivity contribution >= 4 is 23.4 Å². The first-order valence-electron chi connectivity index (χ1n) is 7.93. The second kappa shape index (κ2) is 10.4. The molecule has 6 nitrogen and oxygen atoms in total. The van der Waals surface area contributed by atoms with E-state index in [1.54, 1.807) is 6.07 Å². The molecule has 0 radical (unpaired) electrons. The van der Waals surface area contributed by atoms with E-state index in [1.165, 1.54) is 12.3 Å². The van der Waals surface area contributed by atoms with Crippen LogP contribution >= 0.6 is 11.6 Å². The Kier molecular flexibility index (Phi) is 7.88. The monoisotopic (exact) mass is 361 g/mol. The molecule has 132 valence electrons. The summed E-state index contributed by atoms with van der Waals surface area (Å²) in [6, 6.07) is 12.9. The van der Waals surface area contributed by atoms with E-state index in [2.05, 4.69) is 15.6 Å². The maximum absolute atomic E-state index is 11.8. The van der Waals surface area contributed by atoms with Gasteiger partial charge in [-0.1, -0.05) is 41.9 Å². The standard InChI is InChI=1S/C18H20ClN3O3/c19-15-7-9-20-16(11-15)18(24)22-12-17(23)21-8-4-10-25-13-14-5-2-1-3-6-14/h1-3,5-7,9,11H,4,8,10,12-13H2,(H,21,23)(H,22,24). The minimum absolute atomic E-state index is 0.113. The summed E-state index contributed by atoms with van der Waals surface area (Å²) in [5.41, 5.74) is 1.29. The molecule has 0 saturated carbocycles. The third kappa shape index (κ3) is 7.32. The normalized spacial score (nSPS) is 10.3. The zero-order valence-electron chi connectivity index (χ0n) is 13.7. The maximum atomic E-state index is 11.8. The number of hydrogen-bond acceptors (Lipinski definition) is 4. The van der Waals surface area contributed by atoms with Gasteiger partial charge in [0.15, 0.2) is 0 Å². The van der Waals surface area contributed by atoms with Crippen LogP contribution in [0.1, 0.15) is 22.5 Å². The number of carbonyl (C=O) groups excluding carboxylic acids is 2. The molecule has 0 aliphatic heterocycles. The van der Waals surface area contributed by atoms with Crippen molar-refractivity contribution in [1.29, 1.82) is 0 Å². The van der Waals surface area contributed by atoms with Gasteiger partial charge < -0.3 is 15.4 Å². The maximum Gasteiger partial charge on any atom is 0.270 e. The van der Waals surface area contributed by atoms with E-state index in [4.69, 9.17) is 16.3 Å². The van der Waals surface area contributed by atoms with Crippen molar-refractivity contribution in [3.63, 3.8) is 0 Å². The van der Waals surface area contributed by atoms with Gasteiger partial charge in [-0.2, -0.15) is 0 Å². The van der Waals surface area contributed by atoms with Gasteiger partial charge >= 0.3 is 0 Å². The van der Waals surface area contributed by atoms with Crippen molar-refractivity contribution in [3.8, 4) is 0 Å². The third-order valence-electron chi connectivity index (χ3n) is 3.26. The van der Waals surface area contributed by atoms with E-state index in [0.29, 0.717) is 31.2 Å². The van der Waals surface area contributed by atoms with Crippen LogP contribution in [-0.2, 0) is 16.1 Å². The highest BCUT2D eigenvalue weighted by Gasteiger charge is 2.09. The van der Waals surface area contributed by atoms with Gasteiger partial charge in [0, 0.05) is 24.4 Å². The molecule has 1 aromatic heterocycles. The highest BCUT2D eigenvalue weighted by atomic mass is 35.5. The van der Waals surface area contributed by atoms with Crippen molar-refractivity contribution in [3.05, 3.63) is 64.9 Å². The first kappa shape index (κ1) is 18.9. The van der Waals surface area contributed by atoms with Crippen LogP contribution in [0, 0.1) is 0 Å². The number of benzene rings is 1. The Morgan fingerprint density at radius 1 is 1.12 bits per heavy atom. The van der Waals surface area contributed by atoms with Crippen LogP contribution in [0.5, 0.6) is 0 Å². The van der Waals surface area contributed by atoms with Crippen LogP contribution in [-0.4, -0.2) is 36.5 Å². The summed E-state index contributed by atoms with van der Waals surface area (Å²) in [5, 5.41) is 5.63. The second-order valence-electron chi connectivity index (χ2n) is 5.28. The summed E-state index contributed by atoms with van der Waals surface area (Å²) in [6.45, 7) is 1.47. The molecule has 0 bridgehead atoms. The Morgan fingerprint density at radius 2 is 1.92 bits per heavy atom. The van der Waals surface area contributed by atoms with Gasteiger partial charge in [0.05, 0.1) is 13.2 Å². The number of hydrogen-bond donors (Lipinski definition) is 2. The molecule has 0 saturated heterocycles. The Hall–Kier alpha value is -2.44. The fourth-order valence-electron chi connectivity index (χ4n) is 2.01. The third-order valence-corrected chi connectivity index (χ3v) is 3.50. The molecule has 0 spiro atoms. The van der Waals surface area contributed by atoms with Crippen LogP contribution < -0.4 is 10.6 Å².